The van der Waals surface area contributed by atoms with Gasteiger partial charge in [-0.15, -0.1) is 0 Å². The zero-order chi connectivity index (χ0) is 22.9. The summed E-state index contributed by atoms with van der Waals surface area (Å²) in [6.07, 6.45) is 1.50. The Bertz CT molecular complexity index is 1110. The minimum atomic E-state index is -0.557. The minimum Gasteiger partial charge on any atom is -0.490 e. The maximum Gasteiger partial charge on any atom is 0.373 e. The summed E-state index contributed by atoms with van der Waals surface area (Å²) in [5, 5.41) is 3.98. The molecule has 3 aromatic rings. The molecule has 0 atom stereocenters. The van der Waals surface area contributed by atoms with Gasteiger partial charge in [0.05, 0.1) is 19.9 Å². The Kier molecular flexibility index (Phi) is 7.47. The molecular weight excluding hydrogens is 414 g/mol. The molecule has 32 heavy (non-hydrogen) atoms. The summed E-state index contributed by atoms with van der Waals surface area (Å²) in [5.41, 5.74) is 9.81. The van der Waals surface area contributed by atoms with Crippen LogP contribution in [-0.4, -0.2) is 31.8 Å². The van der Waals surface area contributed by atoms with Crippen molar-refractivity contribution >= 4 is 23.8 Å². The number of hydrazone groups is 1. The molecule has 9 nitrogen and oxygen atoms in total. The standard InChI is InChI=1S/C23H23N3O6/c1-3-30-21-12-15(13-25-26-22(27)16-5-7-17(24)8-6-16)4-10-19(21)31-14-18-9-11-20(32-18)23(28)29-2/h4-13H,3,14,24H2,1-2H3,(H,26,27)/b25-13+. The number of methoxy groups -OCH3 is 1. The predicted molar refractivity (Wildman–Crippen MR) is 118 cm³/mol. The fourth-order valence-corrected chi connectivity index (χ4v) is 2.67. The van der Waals surface area contributed by atoms with Crippen molar-refractivity contribution in [2.45, 2.75) is 13.5 Å². The second-order valence-electron chi connectivity index (χ2n) is 6.51. The second kappa shape index (κ2) is 10.7. The van der Waals surface area contributed by atoms with Crippen LogP contribution in [0.4, 0.5) is 5.69 Å². The third kappa shape index (κ3) is 5.88. The Morgan fingerprint density at radius 1 is 1.06 bits per heavy atom. The number of furan rings is 1. The lowest BCUT2D eigenvalue weighted by atomic mass is 10.2. The van der Waals surface area contributed by atoms with Crippen LogP contribution in [0, 0.1) is 0 Å². The normalized spacial score (nSPS) is 10.7. The van der Waals surface area contributed by atoms with E-state index in [9.17, 15) is 9.59 Å². The van der Waals surface area contributed by atoms with Gasteiger partial charge in [-0.05, 0) is 67.1 Å². The zero-order valence-electron chi connectivity index (χ0n) is 17.7. The number of nitrogen functional groups attached to an aromatic ring is 1. The van der Waals surface area contributed by atoms with Crippen molar-refractivity contribution in [2.75, 3.05) is 19.5 Å². The SMILES string of the molecule is CCOc1cc(/C=N/NC(=O)c2ccc(N)cc2)ccc1OCc1ccc(C(=O)OC)o1. The second-order valence-corrected chi connectivity index (χ2v) is 6.51. The number of nitrogens with two attached hydrogens (primary N) is 1. The molecule has 0 unspecified atom stereocenters. The van der Waals surface area contributed by atoms with Gasteiger partial charge in [0.25, 0.3) is 5.91 Å². The first-order valence-corrected chi connectivity index (χ1v) is 9.75. The molecule has 2 aromatic carbocycles. The summed E-state index contributed by atoms with van der Waals surface area (Å²) in [6.45, 7) is 2.38. The highest BCUT2D eigenvalue weighted by Crippen LogP contribution is 2.29. The van der Waals surface area contributed by atoms with E-state index in [0.717, 1.165) is 0 Å². The summed E-state index contributed by atoms with van der Waals surface area (Å²) < 4.78 is 21.4. The Morgan fingerprint density at radius 3 is 2.56 bits per heavy atom. The number of rotatable bonds is 9. The van der Waals surface area contributed by atoms with Gasteiger partial charge < -0.3 is 24.4 Å². The molecule has 0 saturated carbocycles. The van der Waals surface area contributed by atoms with Crippen molar-refractivity contribution in [3.05, 3.63) is 77.2 Å². The number of carbonyl (C=O) groups excluding carboxylic acids is 2. The molecule has 0 aliphatic rings. The number of amides is 1. The molecule has 0 aliphatic carbocycles. The van der Waals surface area contributed by atoms with Crippen LogP contribution in [0.15, 0.2) is 64.1 Å². The first kappa shape index (κ1) is 22.4. The first-order valence-electron chi connectivity index (χ1n) is 9.75. The van der Waals surface area contributed by atoms with Gasteiger partial charge in [-0.3, -0.25) is 4.79 Å². The van der Waals surface area contributed by atoms with Crippen molar-refractivity contribution < 1.29 is 28.2 Å². The number of benzene rings is 2. The number of nitrogens with zero attached hydrogens (tertiary/aromatic N) is 1. The summed E-state index contributed by atoms with van der Waals surface area (Å²) in [6, 6.07) is 14.9. The number of hydrogen-bond donors (Lipinski definition) is 2. The summed E-state index contributed by atoms with van der Waals surface area (Å²) in [4.78, 5) is 23.6. The number of esters is 1. The number of ether oxygens (including phenoxy) is 3. The van der Waals surface area contributed by atoms with Crippen LogP contribution in [0.5, 0.6) is 11.5 Å². The van der Waals surface area contributed by atoms with Crippen LogP contribution >= 0.6 is 0 Å². The highest BCUT2D eigenvalue weighted by atomic mass is 16.5. The predicted octanol–water partition coefficient (Wildman–Crippen LogP) is 3.39. The van der Waals surface area contributed by atoms with Crippen molar-refractivity contribution in [1.82, 2.24) is 5.43 Å². The molecule has 0 radical (unpaired) electrons. The van der Waals surface area contributed by atoms with Crippen molar-refractivity contribution in [1.29, 1.82) is 0 Å². The van der Waals surface area contributed by atoms with Gasteiger partial charge >= 0.3 is 5.97 Å². The number of hydrogen-bond acceptors (Lipinski definition) is 8. The minimum absolute atomic E-state index is 0.0994. The lowest BCUT2D eigenvalue weighted by Gasteiger charge is -2.11. The molecule has 1 aromatic heterocycles. The molecule has 0 spiro atoms. The van der Waals surface area contributed by atoms with Gasteiger partial charge in [-0.2, -0.15) is 5.10 Å². The maximum atomic E-state index is 12.1. The molecule has 1 heterocycles. The van der Waals surface area contributed by atoms with E-state index < -0.39 is 5.97 Å². The van der Waals surface area contributed by atoms with Gasteiger partial charge in [0.15, 0.2) is 11.5 Å². The highest BCUT2D eigenvalue weighted by molar-refractivity contribution is 5.95. The Labute approximate surface area is 184 Å². The van der Waals surface area contributed by atoms with E-state index in [2.05, 4.69) is 15.3 Å². The third-order valence-corrected chi connectivity index (χ3v) is 4.24. The average Bonchev–Trinajstić information content (AvgIpc) is 3.27. The highest BCUT2D eigenvalue weighted by Gasteiger charge is 2.13. The first-order chi connectivity index (χ1) is 15.5. The summed E-state index contributed by atoms with van der Waals surface area (Å²) >= 11 is 0. The van der Waals surface area contributed by atoms with Gasteiger partial charge in [0.1, 0.15) is 12.4 Å². The molecule has 0 saturated heterocycles. The monoisotopic (exact) mass is 437 g/mol. The molecule has 3 N–H and O–H groups in total. The van der Waals surface area contributed by atoms with E-state index >= 15 is 0 Å². The number of nitrogens with one attached hydrogen (secondary N) is 1. The fraction of sp³-hybridized carbons (Fsp3) is 0.174. The van der Waals surface area contributed by atoms with Crippen molar-refractivity contribution in [2.24, 2.45) is 5.10 Å². The Balaban J connectivity index is 1.63. The van der Waals surface area contributed by atoms with Crippen LogP contribution in [-0.2, 0) is 11.3 Å². The molecule has 0 aliphatic heterocycles. The van der Waals surface area contributed by atoms with Crippen LogP contribution in [0.3, 0.4) is 0 Å². The van der Waals surface area contributed by atoms with Crippen LogP contribution in [0.2, 0.25) is 0 Å². The lowest BCUT2D eigenvalue weighted by molar-refractivity contribution is 0.0560. The van der Waals surface area contributed by atoms with E-state index in [4.69, 9.17) is 19.6 Å². The number of carbonyl (C=O) groups is 2. The van der Waals surface area contributed by atoms with Gasteiger partial charge in [-0.25, -0.2) is 10.2 Å². The van der Waals surface area contributed by atoms with Gasteiger partial charge in [0.2, 0.25) is 5.76 Å². The molecular formula is C23H23N3O6. The van der Waals surface area contributed by atoms with Crippen LogP contribution in [0.25, 0.3) is 0 Å². The quantitative estimate of drug-likeness (QED) is 0.227. The molecule has 3 rings (SSSR count). The fourth-order valence-electron chi connectivity index (χ4n) is 2.67. The number of anilines is 1. The van der Waals surface area contributed by atoms with E-state index in [0.29, 0.717) is 40.7 Å². The average molecular weight is 437 g/mol. The van der Waals surface area contributed by atoms with Crippen molar-refractivity contribution in [3.8, 4) is 11.5 Å². The topological polar surface area (TPSA) is 125 Å². The maximum absolute atomic E-state index is 12.1. The third-order valence-electron chi connectivity index (χ3n) is 4.24. The molecule has 0 bridgehead atoms. The Morgan fingerprint density at radius 2 is 1.84 bits per heavy atom. The van der Waals surface area contributed by atoms with Crippen LogP contribution < -0.4 is 20.6 Å². The van der Waals surface area contributed by atoms with E-state index in [1.807, 2.05) is 6.92 Å². The van der Waals surface area contributed by atoms with Gasteiger partial charge in [0, 0.05) is 11.3 Å². The van der Waals surface area contributed by atoms with E-state index in [-0.39, 0.29) is 18.3 Å². The lowest BCUT2D eigenvalue weighted by Crippen LogP contribution is -2.17. The molecule has 1 amide bonds. The smallest absolute Gasteiger partial charge is 0.373 e. The van der Waals surface area contributed by atoms with E-state index in [1.165, 1.54) is 19.4 Å². The largest absolute Gasteiger partial charge is 0.490 e. The molecule has 0 fully saturated rings. The van der Waals surface area contributed by atoms with Crippen LogP contribution in [0.1, 0.15) is 39.2 Å². The summed E-state index contributed by atoms with van der Waals surface area (Å²) in [7, 11) is 1.28. The Hall–Kier alpha value is -4.27. The van der Waals surface area contributed by atoms with Crippen molar-refractivity contribution in [3.63, 3.8) is 0 Å². The van der Waals surface area contributed by atoms with E-state index in [1.54, 1.807) is 48.5 Å². The molecule has 9 heteroatoms. The summed E-state index contributed by atoms with van der Waals surface area (Å²) in [5.74, 6) is 0.647. The van der Waals surface area contributed by atoms with Gasteiger partial charge in [-0.1, -0.05) is 0 Å². The zero-order valence-corrected chi connectivity index (χ0v) is 17.7. The molecule has 166 valence electrons.